The molecule has 1 amide bonds. The Bertz CT molecular complexity index is 904. The number of aliphatic hydroxyl groups excluding tert-OH is 2. The molecule has 0 aliphatic carbocycles. The van der Waals surface area contributed by atoms with Crippen LogP contribution in [0.5, 0.6) is 0 Å². The second kappa shape index (κ2) is 39.2. The molecule has 0 aromatic heterocycles. The van der Waals surface area contributed by atoms with Gasteiger partial charge in [0.1, 0.15) is 0 Å². The number of phosphoric acid groups is 1. The normalized spacial score (nSPS) is 14.9. The zero-order valence-corrected chi connectivity index (χ0v) is 35.3. The first-order chi connectivity index (χ1) is 25.8. The molecule has 0 aliphatic heterocycles. The smallest absolute Gasteiger partial charge is 0.393 e. The number of nitrogens with one attached hydrogen (secondary N) is 1. The number of carbonyl (C=O) groups excluding carboxylic acids is 1. The summed E-state index contributed by atoms with van der Waals surface area (Å²) in [7, 11) is -4.40. The lowest BCUT2D eigenvalue weighted by Gasteiger charge is -2.24. The topological polar surface area (TPSA) is 151 Å². The predicted octanol–water partition coefficient (Wildman–Crippen LogP) is 11.1. The van der Waals surface area contributed by atoms with Crippen LogP contribution >= 0.6 is 7.82 Å². The molecule has 0 fully saturated rings. The minimum atomic E-state index is -4.40. The van der Waals surface area contributed by atoms with E-state index in [0.717, 1.165) is 51.4 Å². The van der Waals surface area contributed by atoms with E-state index < -0.39 is 38.6 Å². The molecule has 0 rings (SSSR count). The predicted molar refractivity (Wildman–Crippen MR) is 223 cm³/mol. The first-order valence-corrected chi connectivity index (χ1v) is 23.5. The number of aliphatic hydroxyl groups is 2. The van der Waals surface area contributed by atoms with Crippen LogP contribution in [0.15, 0.2) is 24.3 Å². The number of amides is 1. The summed E-state index contributed by atoms with van der Waals surface area (Å²) < 4.78 is 22.1. The number of rotatable bonds is 41. The summed E-state index contributed by atoms with van der Waals surface area (Å²) in [6.07, 6.45) is 41.3. The van der Waals surface area contributed by atoms with E-state index >= 15 is 0 Å². The highest BCUT2D eigenvalue weighted by atomic mass is 31.2. The molecule has 0 saturated heterocycles. The molecule has 9 nitrogen and oxygen atoms in total. The van der Waals surface area contributed by atoms with Crippen molar-refractivity contribution in [1.82, 2.24) is 5.32 Å². The van der Waals surface area contributed by atoms with E-state index in [1.54, 1.807) is 6.08 Å². The fraction of sp³-hybridized carbons (Fsp3) is 0.884. The first-order valence-electron chi connectivity index (χ1n) is 22.0. The lowest BCUT2D eigenvalue weighted by molar-refractivity contribution is -0.124. The highest BCUT2D eigenvalue weighted by Gasteiger charge is 2.27. The van der Waals surface area contributed by atoms with E-state index in [9.17, 15) is 24.5 Å². The molecule has 4 unspecified atom stereocenters. The van der Waals surface area contributed by atoms with Gasteiger partial charge in [-0.25, -0.2) is 4.57 Å². The Morgan fingerprint density at radius 2 is 1.06 bits per heavy atom. The average Bonchev–Trinajstić information content (AvgIpc) is 3.13. The van der Waals surface area contributed by atoms with E-state index in [2.05, 4.69) is 31.3 Å². The minimum Gasteiger partial charge on any atom is -0.393 e. The van der Waals surface area contributed by atoms with E-state index in [0.29, 0.717) is 6.42 Å². The second-order valence-electron chi connectivity index (χ2n) is 15.1. The Hall–Kier alpha value is -1.06. The monoisotopic (exact) mass is 773 g/mol. The number of hydrogen-bond donors (Lipinski definition) is 5. The van der Waals surface area contributed by atoms with Gasteiger partial charge in [0.2, 0.25) is 5.91 Å². The van der Waals surface area contributed by atoms with Gasteiger partial charge in [-0.05, 0) is 44.9 Å². The van der Waals surface area contributed by atoms with Gasteiger partial charge in [0, 0.05) is 6.54 Å². The third-order valence-electron chi connectivity index (χ3n) is 9.83. The molecule has 53 heavy (non-hydrogen) atoms. The van der Waals surface area contributed by atoms with Crippen molar-refractivity contribution in [2.24, 2.45) is 5.73 Å². The van der Waals surface area contributed by atoms with Gasteiger partial charge in [-0.3, -0.25) is 13.8 Å². The molecule has 0 spiro atoms. The number of phosphoric ester groups is 1. The van der Waals surface area contributed by atoms with Gasteiger partial charge in [-0.1, -0.05) is 179 Å². The maximum Gasteiger partial charge on any atom is 0.472 e. The van der Waals surface area contributed by atoms with Crippen LogP contribution < -0.4 is 11.1 Å². The van der Waals surface area contributed by atoms with Gasteiger partial charge in [0.05, 0.1) is 37.9 Å². The Labute approximate surface area is 326 Å². The first kappa shape index (κ1) is 51.9. The Balaban J connectivity index is 4.26. The van der Waals surface area contributed by atoms with Gasteiger partial charge in [0.25, 0.3) is 0 Å². The summed E-state index contributed by atoms with van der Waals surface area (Å²) in [5.41, 5.74) is 5.36. The zero-order valence-electron chi connectivity index (χ0n) is 34.4. The Morgan fingerprint density at radius 3 is 1.55 bits per heavy atom. The molecule has 10 heteroatoms. The summed E-state index contributed by atoms with van der Waals surface area (Å²) in [6.45, 7) is 3.94. The average molecular weight is 773 g/mol. The molecule has 0 aliphatic rings. The Morgan fingerprint density at radius 1 is 0.642 bits per heavy atom. The van der Waals surface area contributed by atoms with Crippen LogP contribution in [0.3, 0.4) is 0 Å². The van der Waals surface area contributed by atoms with E-state index in [-0.39, 0.29) is 19.6 Å². The van der Waals surface area contributed by atoms with Crippen molar-refractivity contribution in [3.63, 3.8) is 0 Å². The quantitative estimate of drug-likeness (QED) is 0.0234. The number of carbonyl (C=O) groups is 1. The number of unbranched alkanes of at least 4 members (excludes halogenated alkanes) is 25. The van der Waals surface area contributed by atoms with Crippen LogP contribution in [0.4, 0.5) is 0 Å². The molecule has 0 saturated carbocycles. The molecule has 0 radical (unpaired) electrons. The lowest BCUT2D eigenvalue weighted by Crippen LogP contribution is -2.46. The zero-order chi connectivity index (χ0) is 39.1. The number of nitrogens with two attached hydrogens (primary N) is 1. The van der Waals surface area contributed by atoms with Gasteiger partial charge >= 0.3 is 7.82 Å². The van der Waals surface area contributed by atoms with Crippen molar-refractivity contribution in [1.29, 1.82) is 0 Å². The lowest BCUT2D eigenvalue weighted by atomic mass is 10.0. The summed E-state index contributed by atoms with van der Waals surface area (Å²) in [5, 5.41) is 24.0. The van der Waals surface area contributed by atoms with Crippen molar-refractivity contribution < 1.29 is 33.5 Å². The largest absolute Gasteiger partial charge is 0.472 e. The minimum absolute atomic E-state index is 0.0482. The molecule has 0 aromatic rings. The van der Waals surface area contributed by atoms with E-state index in [4.69, 9.17) is 14.8 Å². The highest BCUT2D eigenvalue weighted by Crippen LogP contribution is 2.43. The molecular weight excluding hydrogens is 687 g/mol. The molecule has 314 valence electrons. The molecule has 0 aromatic carbocycles. The van der Waals surface area contributed by atoms with Crippen LogP contribution in [0.25, 0.3) is 0 Å². The van der Waals surface area contributed by atoms with E-state index in [1.165, 1.54) is 128 Å². The third kappa shape index (κ3) is 37.6. The SMILES string of the molecule is CCCCC/C=C\CCCCCC(O)CC(=O)NC(COP(=O)(O)OCCN)C(O)/C=C/CCCCCCCCCCCCCCCCCCCCC. The summed E-state index contributed by atoms with van der Waals surface area (Å²) in [6, 6.07) is -0.984. The van der Waals surface area contributed by atoms with Crippen LogP contribution in [0.2, 0.25) is 0 Å². The van der Waals surface area contributed by atoms with E-state index in [1.807, 2.05) is 6.08 Å². The molecule has 4 atom stereocenters. The van der Waals surface area contributed by atoms with Crippen LogP contribution in [-0.4, -0.2) is 59.0 Å². The van der Waals surface area contributed by atoms with Gasteiger partial charge < -0.3 is 26.2 Å². The maximum absolute atomic E-state index is 12.8. The van der Waals surface area contributed by atoms with Crippen molar-refractivity contribution in [2.75, 3.05) is 19.8 Å². The maximum atomic E-state index is 12.8. The van der Waals surface area contributed by atoms with Gasteiger partial charge in [-0.15, -0.1) is 0 Å². The fourth-order valence-electron chi connectivity index (χ4n) is 6.46. The van der Waals surface area contributed by atoms with Crippen LogP contribution in [0, 0.1) is 0 Å². The third-order valence-corrected chi connectivity index (χ3v) is 10.8. The fourth-order valence-corrected chi connectivity index (χ4v) is 7.22. The second-order valence-corrected chi connectivity index (χ2v) is 16.5. The molecular formula is C43H85N2O7P. The highest BCUT2D eigenvalue weighted by molar-refractivity contribution is 7.47. The van der Waals surface area contributed by atoms with Gasteiger partial charge in [0.15, 0.2) is 0 Å². The summed E-state index contributed by atoms with van der Waals surface area (Å²) in [5.74, 6) is -0.456. The molecule has 6 N–H and O–H groups in total. The molecule has 0 heterocycles. The van der Waals surface area contributed by atoms with Crippen molar-refractivity contribution in [3.05, 3.63) is 24.3 Å². The Kier molecular flexibility index (Phi) is 38.4. The van der Waals surface area contributed by atoms with Crippen molar-refractivity contribution in [3.8, 4) is 0 Å². The van der Waals surface area contributed by atoms with Crippen molar-refractivity contribution in [2.45, 2.75) is 225 Å². The summed E-state index contributed by atoms with van der Waals surface area (Å²) in [4.78, 5) is 22.7. The molecule has 0 bridgehead atoms. The van der Waals surface area contributed by atoms with Crippen molar-refractivity contribution >= 4 is 13.7 Å². The van der Waals surface area contributed by atoms with Gasteiger partial charge in [-0.2, -0.15) is 0 Å². The standard InChI is InChI=1S/C43H85N2O7P/c1-3-5-7-9-11-13-15-16-17-18-19-20-21-22-23-24-25-27-29-31-33-35-42(47)41(39-52-53(49,50)51-37-36-44)45-43(48)38-40(46)34-32-30-28-26-14-12-10-8-6-4-2/h12,14,33,35,40-42,46-47H,3-11,13,15-32,34,36-39,44H2,1-2H3,(H,45,48)(H,49,50)/b14-12-,35-33+. The number of allylic oxidation sites excluding steroid dienone is 3. The van der Waals surface area contributed by atoms with Crippen LogP contribution in [0.1, 0.15) is 206 Å². The summed E-state index contributed by atoms with van der Waals surface area (Å²) >= 11 is 0. The number of hydrogen-bond acceptors (Lipinski definition) is 7. The van der Waals surface area contributed by atoms with Crippen LogP contribution in [-0.2, 0) is 18.4 Å².